The van der Waals surface area contributed by atoms with E-state index >= 15 is 0 Å². The Kier molecular flexibility index (Phi) is 6.24. The Morgan fingerprint density at radius 2 is 1.16 bits per heavy atom. The molecule has 38 heavy (non-hydrogen) atoms. The summed E-state index contributed by atoms with van der Waals surface area (Å²) in [4.78, 5) is 13.2. The summed E-state index contributed by atoms with van der Waals surface area (Å²) in [5.41, 5.74) is 4.29. The van der Waals surface area contributed by atoms with Crippen molar-refractivity contribution in [3.05, 3.63) is 168 Å². The van der Waals surface area contributed by atoms with Gasteiger partial charge in [0.25, 0.3) is 0 Å². The van der Waals surface area contributed by atoms with Gasteiger partial charge in [-0.2, -0.15) is 5.06 Å². The third kappa shape index (κ3) is 4.24. The van der Waals surface area contributed by atoms with E-state index in [-0.39, 0.29) is 5.75 Å². The molecule has 1 aliphatic heterocycles. The third-order valence-corrected chi connectivity index (χ3v) is 6.83. The predicted octanol–water partition coefficient (Wildman–Crippen LogP) is 6.71. The van der Waals surface area contributed by atoms with Gasteiger partial charge in [-0.15, -0.1) is 0 Å². The lowest BCUT2D eigenvalue weighted by Gasteiger charge is -2.35. The van der Waals surface area contributed by atoms with Crippen LogP contribution in [0.2, 0.25) is 0 Å². The van der Waals surface area contributed by atoms with Gasteiger partial charge in [0, 0.05) is 12.3 Å². The number of phenolic OH excluding ortho intramolecular Hbond substituents is 1. The summed E-state index contributed by atoms with van der Waals surface area (Å²) >= 11 is 0. The average Bonchev–Trinajstić information content (AvgIpc) is 3.44. The van der Waals surface area contributed by atoms with Crippen LogP contribution in [0.25, 0.3) is 0 Å². The van der Waals surface area contributed by atoms with Gasteiger partial charge in [0.15, 0.2) is 0 Å². The van der Waals surface area contributed by atoms with Crippen molar-refractivity contribution in [2.45, 2.75) is 5.41 Å². The zero-order valence-corrected chi connectivity index (χ0v) is 20.8. The minimum Gasteiger partial charge on any atom is -0.506 e. The van der Waals surface area contributed by atoms with Gasteiger partial charge in [0.05, 0.1) is 23.0 Å². The fourth-order valence-corrected chi connectivity index (χ4v) is 5.12. The molecule has 0 amide bonds. The Hall–Kier alpha value is -5.03. The highest BCUT2D eigenvalue weighted by Crippen LogP contribution is 2.44. The van der Waals surface area contributed by atoms with E-state index in [1.54, 1.807) is 17.2 Å². The fourth-order valence-electron chi connectivity index (χ4n) is 5.12. The summed E-state index contributed by atoms with van der Waals surface area (Å²) < 4.78 is 0. The van der Waals surface area contributed by atoms with Crippen LogP contribution in [-0.2, 0) is 5.41 Å². The van der Waals surface area contributed by atoms with Gasteiger partial charge in [-0.25, -0.2) is 4.98 Å². The van der Waals surface area contributed by atoms with Crippen molar-refractivity contribution in [3.8, 4) is 11.6 Å². The predicted molar refractivity (Wildman–Crippen MR) is 150 cm³/mol. The van der Waals surface area contributed by atoms with Gasteiger partial charge in [-0.05, 0) is 34.9 Å². The molecule has 0 fully saturated rings. The van der Waals surface area contributed by atoms with E-state index in [1.807, 2.05) is 59.8 Å². The van der Waals surface area contributed by atoms with Crippen LogP contribution in [0.4, 0.5) is 5.69 Å². The monoisotopic (exact) mass is 497 g/mol. The normalized spacial score (nSPS) is 13.1. The molecule has 1 aliphatic rings. The highest BCUT2D eigenvalue weighted by atomic mass is 16.7. The zero-order valence-electron chi connectivity index (χ0n) is 20.8. The van der Waals surface area contributed by atoms with Gasteiger partial charge in [-0.3, -0.25) is 0 Å². The van der Waals surface area contributed by atoms with Gasteiger partial charge in [-0.1, -0.05) is 109 Å². The van der Waals surface area contributed by atoms with E-state index < -0.39 is 5.41 Å². The minimum atomic E-state index is -0.647. The molecule has 5 nitrogen and oxygen atoms in total. The first-order valence-electron chi connectivity index (χ1n) is 12.6. The van der Waals surface area contributed by atoms with E-state index in [2.05, 4.69) is 78.9 Å². The second-order valence-electron chi connectivity index (χ2n) is 9.12. The SMILES string of the molecule is Oc1ccccc1N1C=CN(Oc2cccc(C(c3ccccc3)(c3ccccc3)c3ccccc3)n2)C1. The molecule has 0 radical (unpaired) electrons. The number of anilines is 1. The fraction of sp³-hybridized carbons (Fsp3) is 0.0606. The average molecular weight is 498 g/mol. The van der Waals surface area contributed by atoms with Gasteiger partial charge < -0.3 is 14.8 Å². The third-order valence-electron chi connectivity index (χ3n) is 6.83. The number of hydrogen-bond donors (Lipinski definition) is 1. The molecule has 2 heterocycles. The van der Waals surface area contributed by atoms with Crippen LogP contribution in [0.3, 0.4) is 0 Å². The molecule has 1 aromatic heterocycles. The number of nitrogens with zero attached hydrogens (tertiary/aromatic N) is 3. The Morgan fingerprint density at radius 3 is 1.74 bits per heavy atom. The molecule has 0 atom stereocenters. The van der Waals surface area contributed by atoms with Crippen LogP contribution in [0.15, 0.2) is 146 Å². The Balaban J connectivity index is 1.41. The molecule has 6 rings (SSSR count). The Labute approximate surface area is 222 Å². The lowest BCUT2D eigenvalue weighted by Crippen LogP contribution is -2.32. The second-order valence-corrected chi connectivity index (χ2v) is 9.12. The van der Waals surface area contributed by atoms with Gasteiger partial charge >= 0.3 is 0 Å². The maximum absolute atomic E-state index is 10.3. The van der Waals surface area contributed by atoms with Crippen molar-refractivity contribution < 1.29 is 9.94 Å². The quantitative estimate of drug-likeness (QED) is 0.253. The molecule has 186 valence electrons. The van der Waals surface area contributed by atoms with Crippen molar-refractivity contribution in [1.29, 1.82) is 0 Å². The topological polar surface area (TPSA) is 48.8 Å². The van der Waals surface area contributed by atoms with Crippen LogP contribution >= 0.6 is 0 Å². The maximum atomic E-state index is 10.3. The molecule has 5 aromatic rings. The molecule has 0 spiro atoms. The lowest BCUT2D eigenvalue weighted by atomic mass is 9.67. The van der Waals surface area contributed by atoms with E-state index in [4.69, 9.17) is 9.82 Å². The molecule has 0 bridgehead atoms. The lowest BCUT2D eigenvalue weighted by molar-refractivity contribution is -0.00211. The molecular weight excluding hydrogens is 470 g/mol. The minimum absolute atomic E-state index is 0.220. The molecule has 0 unspecified atom stereocenters. The number of aromatic nitrogens is 1. The van der Waals surface area contributed by atoms with Crippen LogP contribution < -0.4 is 9.74 Å². The van der Waals surface area contributed by atoms with Gasteiger partial charge in [0.2, 0.25) is 5.88 Å². The molecule has 5 heteroatoms. The van der Waals surface area contributed by atoms with Crippen molar-refractivity contribution in [2.24, 2.45) is 0 Å². The molecular formula is C33H27N3O2. The number of phenols is 1. The van der Waals surface area contributed by atoms with Crippen molar-refractivity contribution in [2.75, 3.05) is 11.6 Å². The zero-order chi connectivity index (χ0) is 25.8. The first kappa shape index (κ1) is 23.4. The number of pyridine rings is 1. The number of para-hydroxylation sites is 2. The van der Waals surface area contributed by atoms with Crippen LogP contribution in [0.5, 0.6) is 11.6 Å². The van der Waals surface area contributed by atoms with Crippen LogP contribution in [0, 0.1) is 0 Å². The number of benzene rings is 4. The van der Waals surface area contributed by atoms with Crippen molar-refractivity contribution >= 4 is 5.69 Å². The Bertz CT molecular complexity index is 1440. The van der Waals surface area contributed by atoms with E-state index in [0.29, 0.717) is 18.2 Å². The van der Waals surface area contributed by atoms with Crippen LogP contribution in [0.1, 0.15) is 22.4 Å². The summed E-state index contributed by atoms with van der Waals surface area (Å²) in [5, 5.41) is 12.0. The standard InChI is InChI=1S/C33H27N3O2/c37-30-20-11-10-19-29(30)35-23-24-36(25-35)38-32-22-12-21-31(34-32)33(26-13-4-1-5-14-26,27-15-6-2-7-16-27)28-17-8-3-9-18-28/h1-24,37H,25H2. The molecule has 0 saturated heterocycles. The first-order valence-corrected chi connectivity index (χ1v) is 12.6. The van der Waals surface area contributed by atoms with Crippen LogP contribution in [-0.4, -0.2) is 21.8 Å². The highest BCUT2D eigenvalue weighted by Gasteiger charge is 2.40. The number of rotatable bonds is 7. The van der Waals surface area contributed by atoms with Crippen molar-refractivity contribution in [1.82, 2.24) is 10.0 Å². The maximum Gasteiger partial charge on any atom is 0.246 e. The van der Waals surface area contributed by atoms with Gasteiger partial charge in [0.1, 0.15) is 12.4 Å². The summed E-state index contributed by atoms with van der Waals surface area (Å²) in [6.45, 7) is 0.421. The summed E-state index contributed by atoms with van der Waals surface area (Å²) in [5.74, 6) is 0.705. The number of hydrogen-bond acceptors (Lipinski definition) is 5. The second kappa shape index (κ2) is 10.1. The van der Waals surface area contributed by atoms with Crippen molar-refractivity contribution in [3.63, 3.8) is 0 Å². The Morgan fingerprint density at radius 1 is 0.605 bits per heavy atom. The molecule has 0 saturated carbocycles. The smallest absolute Gasteiger partial charge is 0.246 e. The summed E-state index contributed by atoms with van der Waals surface area (Å²) in [7, 11) is 0. The highest BCUT2D eigenvalue weighted by molar-refractivity contribution is 5.60. The molecule has 4 aromatic carbocycles. The summed E-state index contributed by atoms with van der Waals surface area (Å²) in [6.07, 6.45) is 3.71. The number of hydroxylamine groups is 2. The van der Waals surface area contributed by atoms with E-state index in [0.717, 1.165) is 22.4 Å². The number of aromatic hydroxyl groups is 1. The molecule has 0 aliphatic carbocycles. The van der Waals surface area contributed by atoms with E-state index in [9.17, 15) is 5.11 Å². The summed E-state index contributed by atoms with van der Waals surface area (Å²) in [6, 6.07) is 44.6. The largest absolute Gasteiger partial charge is 0.506 e. The first-order chi connectivity index (χ1) is 18.7. The van der Waals surface area contributed by atoms with E-state index in [1.165, 1.54) is 0 Å². The molecule has 1 N–H and O–H groups in total.